The maximum atomic E-state index is 5.91. The zero-order valence-electron chi connectivity index (χ0n) is 16.3. The van der Waals surface area contributed by atoms with Crippen molar-refractivity contribution in [3.63, 3.8) is 0 Å². The molecule has 0 radical (unpaired) electrons. The van der Waals surface area contributed by atoms with E-state index in [1.807, 2.05) is 36.4 Å². The fourth-order valence-corrected chi connectivity index (χ4v) is 2.69. The molecule has 0 unspecified atom stereocenters. The number of unbranched alkanes of at least 4 members (excludes halogenated alkanes) is 1. The molecule has 0 saturated carbocycles. The lowest BCUT2D eigenvalue weighted by molar-refractivity contribution is 0.129. The highest BCUT2D eigenvalue weighted by Crippen LogP contribution is 2.29. The summed E-state index contributed by atoms with van der Waals surface area (Å²) in [6, 6.07) is 13.7. The standard InChI is InChI=1S/C22H30ClNO3/c1-3-4-13-26-14-5-12-24-16-19-8-11-21(22(15-19)25-2)27-17-18-6-9-20(23)10-7-18/h6-11,15,24H,3-5,12-14,16-17H2,1-2H3. The Bertz CT molecular complexity index is 661. The average molecular weight is 392 g/mol. The third kappa shape index (κ3) is 8.21. The normalized spacial score (nSPS) is 10.8. The van der Waals surface area contributed by atoms with Crippen LogP contribution in [-0.2, 0) is 17.9 Å². The van der Waals surface area contributed by atoms with Crippen LogP contribution in [0.15, 0.2) is 42.5 Å². The van der Waals surface area contributed by atoms with Gasteiger partial charge in [0.05, 0.1) is 7.11 Å². The van der Waals surface area contributed by atoms with Gasteiger partial charge in [0, 0.05) is 24.8 Å². The Balaban J connectivity index is 1.75. The molecule has 2 aromatic rings. The molecular weight excluding hydrogens is 362 g/mol. The maximum absolute atomic E-state index is 5.91. The molecule has 1 N–H and O–H groups in total. The van der Waals surface area contributed by atoms with Crippen LogP contribution in [0, 0.1) is 0 Å². The average Bonchev–Trinajstić information content (AvgIpc) is 2.70. The molecule has 0 saturated heterocycles. The summed E-state index contributed by atoms with van der Waals surface area (Å²) < 4.78 is 16.9. The zero-order chi connectivity index (χ0) is 19.3. The van der Waals surface area contributed by atoms with Crippen molar-refractivity contribution in [2.24, 2.45) is 0 Å². The first-order valence-corrected chi connectivity index (χ1v) is 9.93. The molecule has 0 amide bonds. The fraction of sp³-hybridized carbons (Fsp3) is 0.455. The van der Waals surface area contributed by atoms with Crippen molar-refractivity contribution in [1.82, 2.24) is 5.32 Å². The minimum atomic E-state index is 0.475. The van der Waals surface area contributed by atoms with E-state index in [-0.39, 0.29) is 0 Å². The number of methoxy groups -OCH3 is 1. The van der Waals surface area contributed by atoms with E-state index in [0.29, 0.717) is 6.61 Å². The van der Waals surface area contributed by atoms with E-state index in [2.05, 4.69) is 18.3 Å². The summed E-state index contributed by atoms with van der Waals surface area (Å²) >= 11 is 5.91. The number of hydrogen-bond donors (Lipinski definition) is 1. The van der Waals surface area contributed by atoms with Gasteiger partial charge in [-0.3, -0.25) is 0 Å². The summed E-state index contributed by atoms with van der Waals surface area (Å²) in [6.45, 7) is 6.06. The molecule has 27 heavy (non-hydrogen) atoms. The minimum absolute atomic E-state index is 0.475. The molecule has 0 heterocycles. The van der Waals surface area contributed by atoms with Crippen LogP contribution >= 0.6 is 11.6 Å². The van der Waals surface area contributed by atoms with Gasteiger partial charge in [0.2, 0.25) is 0 Å². The second-order valence-electron chi connectivity index (χ2n) is 6.40. The van der Waals surface area contributed by atoms with Crippen molar-refractivity contribution >= 4 is 11.6 Å². The molecule has 0 aliphatic rings. The Morgan fingerprint density at radius 3 is 2.41 bits per heavy atom. The van der Waals surface area contributed by atoms with E-state index in [9.17, 15) is 0 Å². The van der Waals surface area contributed by atoms with E-state index in [1.54, 1.807) is 7.11 Å². The van der Waals surface area contributed by atoms with Crippen LogP contribution in [0.3, 0.4) is 0 Å². The predicted octanol–water partition coefficient (Wildman–Crippen LogP) is 5.22. The monoisotopic (exact) mass is 391 g/mol. The van der Waals surface area contributed by atoms with Crippen LogP contribution in [0.2, 0.25) is 5.02 Å². The third-order valence-corrected chi connectivity index (χ3v) is 4.40. The molecule has 0 aliphatic heterocycles. The van der Waals surface area contributed by atoms with Gasteiger partial charge in [-0.25, -0.2) is 0 Å². The van der Waals surface area contributed by atoms with Gasteiger partial charge in [-0.1, -0.05) is 43.1 Å². The number of nitrogens with one attached hydrogen (secondary N) is 1. The number of halogens is 1. The summed E-state index contributed by atoms with van der Waals surface area (Å²) in [4.78, 5) is 0. The molecule has 0 atom stereocenters. The Labute approximate surface area is 167 Å². The Hall–Kier alpha value is -1.75. The fourth-order valence-electron chi connectivity index (χ4n) is 2.56. The highest BCUT2D eigenvalue weighted by molar-refractivity contribution is 6.30. The smallest absolute Gasteiger partial charge is 0.161 e. The van der Waals surface area contributed by atoms with Crippen LogP contribution < -0.4 is 14.8 Å². The van der Waals surface area contributed by atoms with E-state index >= 15 is 0 Å². The highest BCUT2D eigenvalue weighted by atomic mass is 35.5. The quantitative estimate of drug-likeness (QED) is 0.475. The second kappa shape index (κ2) is 12.6. The molecule has 5 heteroatoms. The van der Waals surface area contributed by atoms with E-state index in [1.165, 1.54) is 6.42 Å². The number of benzene rings is 2. The van der Waals surface area contributed by atoms with Gasteiger partial charge in [-0.2, -0.15) is 0 Å². The molecule has 2 rings (SSSR count). The van der Waals surface area contributed by atoms with Crippen molar-refractivity contribution in [1.29, 1.82) is 0 Å². The minimum Gasteiger partial charge on any atom is -0.493 e. The van der Waals surface area contributed by atoms with Crippen molar-refractivity contribution in [3.8, 4) is 11.5 Å². The van der Waals surface area contributed by atoms with Crippen LogP contribution in [0.25, 0.3) is 0 Å². The lowest BCUT2D eigenvalue weighted by Gasteiger charge is -2.13. The largest absolute Gasteiger partial charge is 0.493 e. The molecule has 0 fully saturated rings. The summed E-state index contributed by atoms with van der Waals surface area (Å²) in [5.74, 6) is 1.48. The number of rotatable bonds is 13. The van der Waals surface area contributed by atoms with Gasteiger partial charge in [0.1, 0.15) is 6.61 Å². The van der Waals surface area contributed by atoms with Gasteiger partial charge in [-0.15, -0.1) is 0 Å². The van der Waals surface area contributed by atoms with Crippen LogP contribution in [0.4, 0.5) is 0 Å². The van der Waals surface area contributed by atoms with Crippen molar-refractivity contribution in [2.75, 3.05) is 26.9 Å². The van der Waals surface area contributed by atoms with E-state index < -0.39 is 0 Å². The molecule has 0 spiro atoms. The lowest BCUT2D eigenvalue weighted by atomic mass is 10.2. The Kier molecular flexibility index (Phi) is 10.1. The molecule has 0 aromatic heterocycles. The zero-order valence-corrected chi connectivity index (χ0v) is 17.1. The summed E-state index contributed by atoms with van der Waals surface area (Å²) in [5.41, 5.74) is 2.23. The molecule has 4 nitrogen and oxygen atoms in total. The summed E-state index contributed by atoms with van der Waals surface area (Å²) in [7, 11) is 1.66. The Morgan fingerprint density at radius 1 is 0.926 bits per heavy atom. The summed E-state index contributed by atoms with van der Waals surface area (Å²) in [6.07, 6.45) is 3.34. The van der Waals surface area contributed by atoms with Gasteiger partial charge >= 0.3 is 0 Å². The highest BCUT2D eigenvalue weighted by Gasteiger charge is 2.06. The molecular formula is C22H30ClNO3. The van der Waals surface area contributed by atoms with Crippen LogP contribution in [0.5, 0.6) is 11.5 Å². The summed E-state index contributed by atoms with van der Waals surface area (Å²) in [5, 5.41) is 4.16. The van der Waals surface area contributed by atoms with Gasteiger partial charge in [0.25, 0.3) is 0 Å². The lowest BCUT2D eigenvalue weighted by Crippen LogP contribution is -2.16. The van der Waals surface area contributed by atoms with Crippen molar-refractivity contribution in [2.45, 2.75) is 39.3 Å². The molecule has 0 bridgehead atoms. The number of ether oxygens (including phenoxy) is 3. The molecule has 2 aromatic carbocycles. The van der Waals surface area contributed by atoms with Crippen LogP contribution in [-0.4, -0.2) is 26.9 Å². The van der Waals surface area contributed by atoms with Crippen molar-refractivity contribution < 1.29 is 14.2 Å². The Morgan fingerprint density at radius 2 is 1.67 bits per heavy atom. The van der Waals surface area contributed by atoms with Crippen LogP contribution in [0.1, 0.15) is 37.3 Å². The molecule has 0 aliphatic carbocycles. The first-order chi connectivity index (χ1) is 13.2. The number of hydrogen-bond acceptors (Lipinski definition) is 4. The maximum Gasteiger partial charge on any atom is 0.161 e. The third-order valence-electron chi connectivity index (χ3n) is 4.15. The van der Waals surface area contributed by atoms with Gasteiger partial charge < -0.3 is 19.5 Å². The SMILES string of the molecule is CCCCOCCCNCc1ccc(OCc2ccc(Cl)cc2)c(OC)c1. The second-order valence-corrected chi connectivity index (χ2v) is 6.83. The van der Waals surface area contributed by atoms with Gasteiger partial charge in [-0.05, 0) is 54.8 Å². The van der Waals surface area contributed by atoms with E-state index in [0.717, 1.165) is 66.8 Å². The first-order valence-electron chi connectivity index (χ1n) is 9.55. The van der Waals surface area contributed by atoms with Gasteiger partial charge in [0.15, 0.2) is 11.5 Å². The van der Waals surface area contributed by atoms with Crippen molar-refractivity contribution in [3.05, 3.63) is 58.6 Å². The van der Waals surface area contributed by atoms with E-state index in [4.69, 9.17) is 25.8 Å². The molecule has 148 valence electrons. The first kappa shape index (κ1) is 21.5. The predicted molar refractivity (Wildman–Crippen MR) is 111 cm³/mol. The topological polar surface area (TPSA) is 39.7 Å².